The van der Waals surface area contributed by atoms with Crippen LogP contribution in [-0.2, 0) is 26.5 Å². The molecule has 0 aliphatic carbocycles. The molecule has 9 heteroatoms. The average molecular weight is 470 g/mol. The maximum atomic E-state index is 13.0. The van der Waals surface area contributed by atoms with Crippen LogP contribution >= 0.6 is 0 Å². The number of rotatable bonds is 8. The summed E-state index contributed by atoms with van der Waals surface area (Å²) in [6.45, 7) is 8.66. The standard InChI is InChI=1S/C24H27N3O5S/c1-6-33(30,31)19-10-7-17(8-11-19)13-21(28)27-18-9-12-20(25-14-18)22(29)24(4,5)23-26-15(2)16(3)32-23/h7-12,14H,6,13H2,1-5H3,(H,27,28). The minimum atomic E-state index is -3.28. The van der Waals surface area contributed by atoms with Gasteiger partial charge in [0.05, 0.1) is 34.6 Å². The number of benzene rings is 1. The van der Waals surface area contributed by atoms with Crippen LogP contribution in [0.15, 0.2) is 51.9 Å². The van der Waals surface area contributed by atoms with Crippen molar-refractivity contribution in [1.29, 1.82) is 0 Å². The normalized spacial score (nSPS) is 11.9. The Bertz CT molecular complexity index is 1260. The van der Waals surface area contributed by atoms with Crippen molar-refractivity contribution < 1.29 is 22.4 Å². The molecule has 2 heterocycles. The number of pyridine rings is 1. The summed E-state index contributed by atoms with van der Waals surface area (Å²) in [5.74, 6) is 0.488. The smallest absolute Gasteiger partial charge is 0.228 e. The van der Waals surface area contributed by atoms with Crippen molar-refractivity contribution in [2.75, 3.05) is 11.1 Å². The van der Waals surface area contributed by atoms with Gasteiger partial charge in [-0.15, -0.1) is 0 Å². The zero-order valence-corrected chi connectivity index (χ0v) is 20.1. The molecule has 0 radical (unpaired) electrons. The number of Topliss-reactive ketones (excluding diaryl/α,β-unsaturated/α-hetero) is 1. The maximum absolute atomic E-state index is 13.0. The largest absolute Gasteiger partial charge is 0.445 e. The van der Waals surface area contributed by atoms with E-state index in [4.69, 9.17) is 4.42 Å². The van der Waals surface area contributed by atoms with E-state index in [0.29, 0.717) is 22.9 Å². The Balaban J connectivity index is 1.65. The predicted octanol–water partition coefficient (Wildman–Crippen LogP) is 3.82. The van der Waals surface area contributed by atoms with Crippen LogP contribution < -0.4 is 5.32 Å². The number of carbonyl (C=O) groups is 2. The van der Waals surface area contributed by atoms with Crippen molar-refractivity contribution in [3.63, 3.8) is 0 Å². The fraction of sp³-hybridized carbons (Fsp3) is 0.333. The number of nitrogens with zero attached hydrogens (tertiary/aromatic N) is 2. The number of hydrogen-bond acceptors (Lipinski definition) is 7. The van der Waals surface area contributed by atoms with Crippen LogP contribution in [0.2, 0.25) is 0 Å². The second kappa shape index (κ2) is 9.27. The molecule has 0 fully saturated rings. The SMILES string of the molecule is CCS(=O)(=O)c1ccc(CC(=O)Nc2ccc(C(=O)C(C)(C)c3nc(C)c(C)o3)nc2)cc1. The minimum Gasteiger partial charge on any atom is -0.445 e. The van der Waals surface area contributed by atoms with Crippen LogP contribution in [-0.4, -0.2) is 35.8 Å². The van der Waals surface area contributed by atoms with Gasteiger partial charge in [-0.05, 0) is 57.5 Å². The summed E-state index contributed by atoms with van der Waals surface area (Å²) in [7, 11) is -3.28. The highest BCUT2D eigenvalue weighted by molar-refractivity contribution is 7.91. The summed E-state index contributed by atoms with van der Waals surface area (Å²) in [6, 6.07) is 9.40. The molecule has 8 nitrogen and oxygen atoms in total. The molecule has 1 aromatic carbocycles. The fourth-order valence-corrected chi connectivity index (χ4v) is 4.02. The Morgan fingerprint density at radius 2 is 1.73 bits per heavy atom. The zero-order valence-electron chi connectivity index (χ0n) is 19.3. The molecule has 0 aliphatic rings. The molecule has 0 aliphatic heterocycles. The van der Waals surface area contributed by atoms with E-state index in [1.165, 1.54) is 18.3 Å². The highest BCUT2D eigenvalue weighted by atomic mass is 32.2. The third-order valence-electron chi connectivity index (χ3n) is 5.44. The molecule has 3 aromatic rings. The third-order valence-corrected chi connectivity index (χ3v) is 7.19. The number of carbonyl (C=O) groups excluding carboxylic acids is 2. The molecule has 1 amide bonds. The molecule has 2 aromatic heterocycles. The number of aryl methyl sites for hydroxylation is 2. The van der Waals surface area contributed by atoms with Gasteiger partial charge in [0.2, 0.25) is 11.8 Å². The Hall–Kier alpha value is -3.33. The molecular weight excluding hydrogens is 442 g/mol. The van der Waals surface area contributed by atoms with Crippen LogP contribution in [0.25, 0.3) is 0 Å². The molecule has 0 saturated carbocycles. The first-order valence-electron chi connectivity index (χ1n) is 10.5. The number of nitrogens with one attached hydrogen (secondary N) is 1. The average Bonchev–Trinajstić information content (AvgIpc) is 3.13. The van der Waals surface area contributed by atoms with Crippen LogP contribution in [0.3, 0.4) is 0 Å². The van der Waals surface area contributed by atoms with Crippen LogP contribution in [0, 0.1) is 13.8 Å². The topological polar surface area (TPSA) is 119 Å². The van der Waals surface area contributed by atoms with Gasteiger partial charge < -0.3 is 9.73 Å². The van der Waals surface area contributed by atoms with Gasteiger partial charge in [-0.1, -0.05) is 19.1 Å². The van der Waals surface area contributed by atoms with Crippen LogP contribution in [0.5, 0.6) is 0 Å². The predicted molar refractivity (Wildman–Crippen MR) is 124 cm³/mol. The molecule has 0 bridgehead atoms. The first kappa shape index (κ1) is 24.3. The third kappa shape index (κ3) is 5.36. The van der Waals surface area contributed by atoms with E-state index in [-0.39, 0.29) is 34.5 Å². The molecule has 174 valence electrons. The van der Waals surface area contributed by atoms with Gasteiger partial charge in [0.1, 0.15) is 16.9 Å². The Morgan fingerprint density at radius 3 is 2.24 bits per heavy atom. The Kier molecular flexibility index (Phi) is 6.83. The van der Waals surface area contributed by atoms with Gasteiger partial charge in [0, 0.05) is 0 Å². The Morgan fingerprint density at radius 1 is 1.06 bits per heavy atom. The number of anilines is 1. The highest BCUT2D eigenvalue weighted by Crippen LogP contribution is 2.28. The maximum Gasteiger partial charge on any atom is 0.228 e. The lowest BCUT2D eigenvalue weighted by Crippen LogP contribution is -2.30. The summed E-state index contributed by atoms with van der Waals surface area (Å²) in [6.07, 6.45) is 1.49. The van der Waals surface area contributed by atoms with Crippen molar-refractivity contribution in [2.24, 2.45) is 0 Å². The summed E-state index contributed by atoms with van der Waals surface area (Å²) in [5.41, 5.74) is 1.11. The van der Waals surface area contributed by atoms with Crippen molar-refractivity contribution in [3.05, 3.63) is 71.2 Å². The van der Waals surface area contributed by atoms with Gasteiger partial charge in [-0.3, -0.25) is 14.6 Å². The molecule has 0 spiro atoms. The first-order chi connectivity index (χ1) is 15.4. The molecule has 33 heavy (non-hydrogen) atoms. The fourth-order valence-electron chi connectivity index (χ4n) is 3.13. The summed E-state index contributed by atoms with van der Waals surface area (Å²) in [5, 5.41) is 2.73. The van der Waals surface area contributed by atoms with E-state index in [9.17, 15) is 18.0 Å². The van der Waals surface area contributed by atoms with E-state index in [1.807, 2.05) is 6.92 Å². The summed E-state index contributed by atoms with van der Waals surface area (Å²) >= 11 is 0. The second-order valence-corrected chi connectivity index (χ2v) is 10.6. The van der Waals surface area contributed by atoms with Gasteiger partial charge in [0.15, 0.2) is 15.6 Å². The monoisotopic (exact) mass is 469 g/mol. The second-order valence-electron chi connectivity index (χ2n) is 8.32. The van der Waals surface area contributed by atoms with Crippen LogP contribution in [0.1, 0.15) is 54.2 Å². The molecule has 1 N–H and O–H groups in total. The van der Waals surface area contributed by atoms with E-state index < -0.39 is 15.3 Å². The van der Waals surface area contributed by atoms with Gasteiger partial charge in [-0.2, -0.15) is 0 Å². The molecular formula is C24H27N3O5S. The van der Waals surface area contributed by atoms with E-state index in [1.54, 1.807) is 52.0 Å². The number of hydrogen-bond donors (Lipinski definition) is 1. The van der Waals surface area contributed by atoms with Gasteiger partial charge in [-0.25, -0.2) is 13.4 Å². The van der Waals surface area contributed by atoms with Crippen molar-refractivity contribution in [1.82, 2.24) is 9.97 Å². The number of oxazole rings is 1. The summed E-state index contributed by atoms with van der Waals surface area (Å²) in [4.78, 5) is 34.1. The van der Waals surface area contributed by atoms with Gasteiger partial charge >= 0.3 is 0 Å². The molecule has 3 rings (SSSR count). The quantitative estimate of drug-likeness (QED) is 0.498. The first-order valence-corrected chi connectivity index (χ1v) is 12.2. The van der Waals surface area contributed by atoms with Crippen molar-refractivity contribution in [3.8, 4) is 0 Å². The highest BCUT2D eigenvalue weighted by Gasteiger charge is 2.36. The van der Waals surface area contributed by atoms with E-state index in [2.05, 4.69) is 15.3 Å². The lowest BCUT2D eigenvalue weighted by atomic mass is 9.86. The lowest BCUT2D eigenvalue weighted by molar-refractivity contribution is -0.115. The number of ketones is 1. The molecule has 0 atom stereocenters. The van der Waals surface area contributed by atoms with E-state index in [0.717, 1.165) is 5.69 Å². The van der Waals surface area contributed by atoms with Gasteiger partial charge in [0.25, 0.3) is 0 Å². The zero-order chi connectivity index (χ0) is 24.4. The van der Waals surface area contributed by atoms with Crippen molar-refractivity contribution in [2.45, 2.75) is 51.3 Å². The number of aromatic nitrogens is 2. The summed E-state index contributed by atoms with van der Waals surface area (Å²) < 4.78 is 29.4. The van der Waals surface area contributed by atoms with E-state index >= 15 is 0 Å². The molecule has 0 saturated heterocycles. The number of sulfone groups is 1. The Labute approximate surface area is 193 Å². The minimum absolute atomic E-state index is 0.0207. The number of amides is 1. The molecule has 0 unspecified atom stereocenters. The lowest BCUT2D eigenvalue weighted by Gasteiger charge is -2.18. The van der Waals surface area contributed by atoms with Crippen LogP contribution in [0.4, 0.5) is 5.69 Å². The van der Waals surface area contributed by atoms with Crippen molar-refractivity contribution >= 4 is 27.2 Å².